The maximum atomic E-state index is 12.4. The Bertz CT molecular complexity index is 940. The lowest BCUT2D eigenvalue weighted by Crippen LogP contribution is -2.11. The molecule has 2 heterocycles. The normalized spacial score (nSPS) is 12.2. The van der Waals surface area contributed by atoms with E-state index < -0.39 is 0 Å². The summed E-state index contributed by atoms with van der Waals surface area (Å²) in [7, 11) is 0. The SMILES string of the molecule is CSc1cccc(C(=O)Nc2nc(-c3ccc4c(c3)OCO4)cs2)c1. The molecular weight excluding hydrogens is 356 g/mol. The maximum Gasteiger partial charge on any atom is 0.257 e. The molecule has 1 amide bonds. The number of carbonyl (C=O) groups is 1. The summed E-state index contributed by atoms with van der Waals surface area (Å²) in [6.45, 7) is 0.242. The van der Waals surface area contributed by atoms with Gasteiger partial charge in [-0.05, 0) is 42.7 Å². The first-order valence-electron chi connectivity index (χ1n) is 7.54. The molecule has 2 aromatic carbocycles. The Balaban J connectivity index is 1.52. The number of hydrogen-bond acceptors (Lipinski definition) is 6. The van der Waals surface area contributed by atoms with Gasteiger partial charge in [0.2, 0.25) is 6.79 Å². The molecule has 0 saturated heterocycles. The molecule has 7 heteroatoms. The summed E-state index contributed by atoms with van der Waals surface area (Å²) in [4.78, 5) is 17.9. The molecule has 0 fully saturated rings. The Morgan fingerprint density at radius 2 is 2.08 bits per heavy atom. The number of ether oxygens (including phenoxy) is 2. The van der Waals surface area contributed by atoms with Crippen LogP contribution in [0.25, 0.3) is 11.3 Å². The number of nitrogens with one attached hydrogen (secondary N) is 1. The average Bonchev–Trinajstić information content (AvgIpc) is 3.30. The number of hydrogen-bond donors (Lipinski definition) is 1. The summed E-state index contributed by atoms with van der Waals surface area (Å²) in [5.41, 5.74) is 2.33. The van der Waals surface area contributed by atoms with Crippen molar-refractivity contribution in [1.29, 1.82) is 0 Å². The minimum absolute atomic E-state index is 0.164. The molecule has 0 unspecified atom stereocenters. The van der Waals surface area contributed by atoms with Crippen LogP contribution in [0.15, 0.2) is 52.7 Å². The van der Waals surface area contributed by atoms with Crippen LogP contribution >= 0.6 is 23.1 Å². The van der Waals surface area contributed by atoms with Crippen molar-refractivity contribution in [3.8, 4) is 22.8 Å². The molecule has 1 aliphatic rings. The van der Waals surface area contributed by atoms with Crippen molar-refractivity contribution in [2.45, 2.75) is 4.90 Å². The standard InChI is InChI=1S/C18H14N2O3S2/c1-24-13-4-2-3-12(7-13)17(21)20-18-19-14(9-25-18)11-5-6-15-16(8-11)23-10-22-15/h2-9H,10H2,1H3,(H,19,20,21). The van der Waals surface area contributed by atoms with Crippen molar-refractivity contribution >= 4 is 34.1 Å². The number of thiazole rings is 1. The molecule has 5 nitrogen and oxygen atoms in total. The molecule has 0 radical (unpaired) electrons. The summed E-state index contributed by atoms with van der Waals surface area (Å²) >= 11 is 2.99. The Labute approximate surface area is 153 Å². The fourth-order valence-electron chi connectivity index (χ4n) is 2.45. The van der Waals surface area contributed by atoms with E-state index in [1.807, 2.05) is 48.0 Å². The second-order valence-electron chi connectivity index (χ2n) is 5.29. The van der Waals surface area contributed by atoms with Gasteiger partial charge in [0.25, 0.3) is 5.91 Å². The van der Waals surface area contributed by atoms with Gasteiger partial charge in [-0.1, -0.05) is 6.07 Å². The van der Waals surface area contributed by atoms with Crippen LogP contribution in [0.5, 0.6) is 11.5 Å². The monoisotopic (exact) mass is 370 g/mol. The van der Waals surface area contributed by atoms with E-state index in [0.717, 1.165) is 21.9 Å². The van der Waals surface area contributed by atoms with Gasteiger partial charge in [-0.2, -0.15) is 0 Å². The van der Waals surface area contributed by atoms with E-state index in [0.29, 0.717) is 16.4 Å². The van der Waals surface area contributed by atoms with Gasteiger partial charge in [0, 0.05) is 21.4 Å². The summed E-state index contributed by atoms with van der Waals surface area (Å²) in [6.07, 6.45) is 1.98. The van der Waals surface area contributed by atoms with Crippen LogP contribution in [0.2, 0.25) is 0 Å². The number of anilines is 1. The summed E-state index contributed by atoms with van der Waals surface area (Å²) in [5, 5.41) is 5.33. The van der Waals surface area contributed by atoms with Gasteiger partial charge in [-0.3, -0.25) is 10.1 Å². The summed E-state index contributed by atoms with van der Waals surface area (Å²) in [5.74, 6) is 1.29. The third-order valence-corrected chi connectivity index (χ3v) is 5.21. The number of nitrogens with zero attached hydrogens (tertiary/aromatic N) is 1. The van der Waals surface area contributed by atoms with E-state index in [-0.39, 0.29) is 12.7 Å². The number of benzene rings is 2. The fraction of sp³-hybridized carbons (Fsp3) is 0.111. The van der Waals surface area contributed by atoms with Crippen molar-refractivity contribution in [3.05, 3.63) is 53.4 Å². The van der Waals surface area contributed by atoms with Gasteiger partial charge in [-0.15, -0.1) is 23.1 Å². The Morgan fingerprint density at radius 1 is 1.20 bits per heavy atom. The predicted octanol–water partition coefficient (Wildman–Crippen LogP) is 4.51. The van der Waals surface area contributed by atoms with E-state index in [2.05, 4.69) is 10.3 Å². The highest BCUT2D eigenvalue weighted by Crippen LogP contribution is 2.36. The van der Waals surface area contributed by atoms with Crippen LogP contribution < -0.4 is 14.8 Å². The van der Waals surface area contributed by atoms with Crippen LogP contribution in [0.4, 0.5) is 5.13 Å². The van der Waals surface area contributed by atoms with Crippen LogP contribution in [-0.2, 0) is 0 Å². The lowest BCUT2D eigenvalue weighted by atomic mass is 10.1. The second kappa shape index (κ2) is 6.78. The molecule has 3 aromatic rings. The first kappa shape index (κ1) is 16.0. The van der Waals surface area contributed by atoms with Crippen molar-refractivity contribution in [3.63, 3.8) is 0 Å². The zero-order valence-corrected chi connectivity index (χ0v) is 14.9. The minimum Gasteiger partial charge on any atom is -0.454 e. The van der Waals surface area contributed by atoms with Crippen LogP contribution in [-0.4, -0.2) is 23.9 Å². The van der Waals surface area contributed by atoms with Crippen molar-refractivity contribution in [2.24, 2.45) is 0 Å². The smallest absolute Gasteiger partial charge is 0.257 e. The topological polar surface area (TPSA) is 60.5 Å². The number of rotatable bonds is 4. The number of aromatic nitrogens is 1. The number of thioether (sulfide) groups is 1. The molecule has 0 spiro atoms. The highest BCUT2D eigenvalue weighted by molar-refractivity contribution is 7.98. The van der Waals surface area contributed by atoms with Gasteiger partial charge >= 0.3 is 0 Å². The molecule has 4 rings (SSSR count). The largest absolute Gasteiger partial charge is 0.454 e. The van der Waals surface area contributed by atoms with Gasteiger partial charge < -0.3 is 9.47 Å². The fourth-order valence-corrected chi connectivity index (χ4v) is 3.63. The van der Waals surface area contributed by atoms with Gasteiger partial charge in [-0.25, -0.2) is 4.98 Å². The molecule has 0 aliphatic carbocycles. The van der Waals surface area contributed by atoms with Crippen molar-refractivity contribution in [1.82, 2.24) is 4.98 Å². The average molecular weight is 370 g/mol. The Morgan fingerprint density at radius 3 is 2.96 bits per heavy atom. The molecule has 0 saturated carbocycles. The van der Waals surface area contributed by atoms with Gasteiger partial charge in [0.05, 0.1) is 5.69 Å². The lowest BCUT2D eigenvalue weighted by molar-refractivity contribution is 0.102. The Hall–Kier alpha value is -2.51. The highest BCUT2D eigenvalue weighted by atomic mass is 32.2. The van der Waals surface area contributed by atoms with Crippen LogP contribution in [0.3, 0.4) is 0 Å². The highest BCUT2D eigenvalue weighted by Gasteiger charge is 2.16. The van der Waals surface area contributed by atoms with Gasteiger partial charge in [0.15, 0.2) is 16.6 Å². The molecule has 0 atom stereocenters. The lowest BCUT2D eigenvalue weighted by Gasteiger charge is -2.03. The predicted molar refractivity (Wildman–Crippen MR) is 99.8 cm³/mol. The molecule has 25 heavy (non-hydrogen) atoms. The number of carbonyl (C=O) groups excluding carboxylic acids is 1. The number of fused-ring (bicyclic) bond motifs is 1. The number of amides is 1. The zero-order valence-electron chi connectivity index (χ0n) is 13.3. The third kappa shape index (κ3) is 3.33. The maximum absolute atomic E-state index is 12.4. The first-order chi connectivity index (χ1) is 12.2. The molecule has 1 N–H and O–H groups in total. The zero-order chi connectivity index (χ0) is 17.2. The van der Waals surface area contributed by atoms with E-state index in [4.69, 9.17) is 9.47 Å². The van der Waals surface area contributed by atoms with E-state index in [9.17, 15) is 4.79 Å². The molecule has 1 aromatic heterocycles. The van der Waals surface area contributed by atoms with E-state index in [1.165, 1.54) is 11.3 Å². The minimum atomic E-state index is -0.164. The summed E-state index contributed by atoms with van der Waals surface area (Å²) < 4.78 is 10.7. The van der Waals surface area contributed by atoms with Crippen molar-refractivity contribution < 1.29 is 14.3 Å². The van der Waals surface area contributed by atoms with E-state index in [1.54, 1.807) is 17.8 Å². The first-order valence-corrected chi connectivity index (χ1v) is 9.64. The Kier molecular flexibility index (Phi) is 4.33. The van der Waals surface area contributed by atoms with Crippen molar-refractivity contribution in [2.75, 3.05) is 18.4 Å². The quantitative estimate of drug-likeness (QED) is 0.685. The van der Waals surface area contributed by atoms with Crippen LogP contribution in [0.1, 0.15) is 10.4 Å². The molecule has 1 aliphatic heterocycles. The molecular formula is C18H14N2O3S2. The summed E-state index contributed by atoms with van der Waals surface area (Å²) in [6, 6.07) is 13.2. The molecule has 126 valence electrons. The molecule has 0 bridgehead atoms. The third-order valence-electron chi connectivity index (χ3n) is 3.72. The van der Waals surface area contributed by atoms with Crippen LogP contribution in [0, 0.1) is 0 Å². The second-order valence-corrected chi connectivity index (χ2v) is 7.03. The van der Waals surface area contributed by atoms with Gasteiger partial charge in [0.1, 0.15) is 0 Å². The van der Waals surface area contributed by atoms with E-state index >= 15 is 0 Å².